The van der Waals surface area contributed by atoms with Crippen molar-refractivity contribution in [1.82, 2.24) is 0 Å². The second-order valence-electron chi connectivity index (χ2n) is 6.30. The summed E-state index contributed by atoms with van der Waals surface area (Å²) in [5, 5.41) is 3.16. The summed E-state index contributed by atoms with van der Waals surface area (Å²) in [6, 6.07) is 16.6. The predicted octanol–water partition coefficient (Wildman–Crippen LogP) is 4.01. The van der Waals surface area contributed by atoms with Crippen LogP contribution in [0.4, 0.5) is 11.4 Å². The maximum atomic E-state index is 6.02. The van der Waals surface area contributed by atoms with Crippen molar-refractivity contribution in [3.8, 4) is 0 Å². The number of hydrogen-bond donors (Lipinski definition) is 2. The lowest BCUT2D eigenvalue weighted by Gasteiger charge is -2.18. The minimum Gasteiger partial charge on any atom is -0.371 e. The van der Waals surface area contributed by atoms with Gasteiger partial charge in [-0.15, -0.1) is 0 Å². The largest absolute Gasteiger partial charge is 0.371 e. The Labute approximate surface area is 151 Å². The standard InChI is InChI=1S/C19H23BrN4/c1-14-3-2-4-17(11-14)23-19(21)22-12-15-9-10-24(13-15)18-7-5-16(20)6-8-18/h2-8,11,15H,9-10,12-13H2,1H3,(H3,21,22,23). The van der Waals surface area contributed by atoms with E-state index in [0.717, 1.165) is 36.2 Å². The van der Waals surface area contributed by atoms with E-state index in [4.69, 9.17) is 5.73 Å². The summed E-state index contributed by atoms with van der Waals surface area (Å²) in [5.41, 5.74) is 9.48. The molecule has 1 fully saturated rings. The normalized spacial score (nSPS) is 18.0. The second kappa shape index (κ2) is 7.71. The molecule has 4 nitrogen and oxygen atoms in total. The fraction of sp³-hybridized carbons (Fsp3) is 0.316. The number of nitrogens with one attached hydrogen (secondary N) is 1. The topological polar surface area (TPSA) is 53.6 Å². The van der Waals surface area contributed by atoms with Crippen molar-refractivity contribution in [3.05, 3.63) is 58.6 Å². The zero-order valence-corrected chi connectivity index (χ0v) is 15.5. The highest BCUT2D eigenvalue weighted by molar-refractivity contribution is 9.10. The molecule has 126 valence electrons. The van der Waals surface area contributed by atoms with Gasteiger partial charge in [-0.3, -0.25) is 4.99 Å². The molecule has 0 spiro atoms. The van der Waals surface area contributed by atoms with Crippen LogP contribution in [0.1, 0.15) is 12.0 Å². The van der Waals surface area contributed by atoms with E-state index in [0.29, 0.717) is 11.9 Å². The zero-order valence-electron chi connectivity index (χ0n) is 13.9. The second-order valence-corrected chi connectivity index (χ2v) is 7.21. The van der Waals surface area contributed by atoms with Gasteiger partial charge < -0.3 is 16.0 Å². The quantitative estimate of drug-likeness (QED) is 0.616. The third-order valence-electron chi connectivity index (χ3n) is 4.29. The molecule has 3 N–H and O–H groups in total. The average Bonchev–Trinajstić information content (AvgIpc) is 3.03. The lowest BCUT2D eigenvalue weighted by atomic mass is 10.1. The summed E-state index contributed by atoms with van der Waals surface area (Å²) in [6.45, 7) is 4.93. The summed E-state index contributed by atoms with van der Waals surface area (Å²) >= 11 is 3.48. The number of halogens is 1. The fourth-order valence-corrected chi connectivity index (χ4v) is 3.27. The molecule has 1 aliphatic heterocycles. The van der Waals surface area contributed by atoms with Gasteiger partial charge in [-0.1, -0.05) is 28.1 Å². The number of anilines is 2. The van der Waals surface area contributed by atoms with E-state index >= 15 is 0 Å². The molecule has 0 bridgehead atoms. The minimum absolute atomic E-state index is 0.489. The number of guanidine groups is 1. The van der Waals surface area contributed by atoms with Crippen LogP contribution in [0.15, 0.2) is 58.0 Å². The molecular formula is C19H23BrN4. The summed E-state index contributed by atoms with van der Waals surface area (Å²) in [5.74, 6) is 1.04. The summed E-state index contributed by atoms with van der Waals surface area (Å²) in [6.07, 6.45) is 1.15. The molecule has 0 radical (unpaired) electrons. The maximum absolute atomic E-state index is 6.02. The van der Waals surface area contributed by atoms with Crippen LogP contribution in [0.3, 0.4) is 0 Å². The fourth-order valence-electron chi connectivity index (χ4n) is 3.01. The molecule has 1 unspecified atom stereocenters. The lowest BCUT2D eigenvalue weighted by Crippen LogP contribution is -2.25. The Morgan fingerprint density at radius 3 is 2.83 bits per heavy atom. The van der Waals surface area contributed by atoms with Crippen LogP contribution in [0.5, 0.6) is 0 Å². The molecule has 0 saturated carbocycles. The molecule has 1 atom stereocenters. The van der Waals surface area contributed by atoms with Crippen molar-refractivity contribution in [3.63, 3.8) is 0 Å². The predicted molar refractivity (Wildman–Crippen MR) is 106 cm³/mol. The molecule has 1 heterocycles. The highest BCUT2D eigenvalue weighted by Crippen LogP contribution is 2.25. The first-order valence-corrected chi connectivity index (χ1v) is 9.03. The third-order valence-corrected chi connectivity index (χ3v) is 4.82. The summed E-state index contributed by atoms with van der Waals surface area (Å²) < 4.78 is 1.11. The highest BCUT2D eigenvalue weighted by Gasteiger charge is 2.22. The Bertz CT molecular complexity index is 712. The number of aryl methyl sites for hydroxylation is 1. The summed E-state index contributed by atoms with van der Waals surface area (Å²) in [4.78, 5) is 6.94. The number of benzene rings is 2. The van der Waals surface area contributed by atoms with E-state index < -0.39 is 0 Å². The summed E-state index contributed by atoms with van der Waals surface area (Å²) in [7, 11) is 0. The average molecular weight is 387 g/mol. The van der Waals surface area contributed by atoms with Gasteiger partial charge >= 0.3 is 0 Å². The first-order valence-electron chi connectivity index (χ1n) is 8.24. The van der Waals surface area contributed by atoms with E-state index in [1.54, 1.807) is 0 Å². The van der Waals surface area contributed by atoms with Gasteiger partial charge in [0.1, 0.15) is 0 Å². The Kier molecular flexibility index (Phi) is 5.41. The number of rotatable bonds is 4. The third kappa shape index (κ3) is 4.51. The van der Waals surface area contributed by atoms with Crippen LogP contribution >= 0.6 is 15.9 Å². The molecule has 24 heavy (non-hydrogen) atoms. The SMILES string of the molecule is Cc1cccc(NC(N)=NCC2CCN(c3ccc(Br)cc3)C2)c1. The van der Waals surface area contributed by atoms with E-state index in [-0.39, 0.29) is 0 Å². The van der Waals surface area contributed by atoms with Gasteiger partial charge in [0.2, 0.25) is 0 Å². The van der Waals surface area contributed by atoms with Crippen LogP contribution in [0, 0.1) is 12.8 Å². The van der Waals surface area contributed by atoms with Crippen LogP contribution < -0.4 is 16.0 Å². The number of nitrogens with two attached hydrogens (primary N) is 1. The van der Waals surface area contributed by atoms with Crippen molar-refractivity contribution in [1.29, 1.82) is 0 Å². The van der Waals surface area contributed by atoms with Gasteiger partial charge in [0.05, 0.1) is 0 Å². The van der Waals surface area contributed by atoms with Crippen LogP contribution in [-0.2, 0) is 0 Å². The van der Waals surface area contributed by atoms with E-state index in [9.17, 15) is 0 Å². The van der Waals surface area contributed by atoms with Gasteiger partial charge in [0.15, 0.2) is 5.96 Å². The molecule has 0 aliphatic carbocycles. The van der Waals surface area contributed by atoms with Crippen molar-refractivity contribution < 1.29 is 0 Å². The Morgan fingerprint density at radius 2 is 2.08 bits per heavy atom. The maximum Gasteiger partial charge on any atom is 0.193 e. The molecule has 5 heteroatoms. The van der Waals surface area contributed by atoms with E-state index in [2.05, 4.69) is 74.5 Å². The highest BCUT2D eigenvalue weighted by atomic mass is 79.9. The molecular weight excluding hydrogens is 364 g/mol. The molecule has 0 amide bonds. The molecule has 2 aromatic rings. The van der Waals surface area contributed by atoms with Gasteiger partial charge in [-0.2, -0.15) is 0 Å². The zero-order chi connectivity index (χ0) is 16.9. The molecule has 3 rings (SSSR count). The first-order chi connectivity index (χ1) is 11.6. The van der Waals surface area contributed by atoms with Crippen LogP contribution in [0.2, 0.25) is 0 Å². The van der Waals surface area contributed by atoms with E-state index in [1.165, 1.54) is 11.3 Å². The molecule has 2 aromatic carbocycles. The number of aliphatic imine (C=N–C) groups is 1. The number of hydrogen-bond acceptors (Lipinski definition) is 2. The van der Waals surface area contributed by atoms with Gasteiger partial charge in [0.25, 0.3) is 0 Å². The minimum atomic E-state index is 0.489. The van der Waals surface area contributed by atoms with E-state index in [1.807, 2.05) is 12.1 Å². The Hall–Kier alpha value is -2.01. The van der Waals surface area contributed by atoms with Crippen molar-refractivity contribution in [2.24, 2.45) is 16.6 Å². The Balaban J connectivity index is 1.52. The van der Waals surface area contributed by atoms with Crippen molar-refractivity contribution >= 4 is 33.3 Å². The smallest absolute Gasteiger partial charge is 0.193 e. The molecule has 0 aromatic heterocycles. The Morgan fingerprint density at radius 1 is 1.29 bits per heavy atom. The monoisotopic (exact) mass is 386 g/mol. The lowest BCUT2D eigenvalue weighted by molar-refractivity contribution is 0.603. The van der Waals surface area contributed by atoms with Gasteiger partial charge in [-0.25, -0.2) is 0 Å². The van der Waals surface area contributed by atoms with Crippen molar-refractivity contribution in [2.45, 2.75) is 13.3 Å². The number of nitrogens with zero attached hydrogens (tertiary/aromatic N) is 2. The van der Waals surface area contributed by atoms with Crippen LogP contribution in [-0.4, -0.2) is 25.6 Å². The van der Waals surface area contributed by atoms with Crippen molar-refractivity contribution in [2.75, 3.05) is 29.9 Å². The van der Waals surface area contributed by atoms with Gasteiger partial charge in [0, 0.05) is 35.5 Å². The molecule has 1 aliphatic rings. The molecule has 1 saturated heterocycles. The van der Waals surface area contributed by atoms with Gasteiger partial charge in [-0.05, 0) is 61.2 Å². The van der Waals surface area contributed by atoms with Crippen LogP contribution in [0.25, 0.3) is 0 Å². The first kappa shape index (κ1) is 16.8.